The molecular weight excluding hydrogens is 552 g/mol. The highest BCUT2D eigenvalue weighted by atomic mass is 35.5. The van der Waals surface area contributed by atoms with E-state index in [9.17, 15) is 22.4 Å². The summed E-state index contributed by atoms with van der Waals surface area (Å²) in [5.41, 5.74) is 0.655. The molecule has 0 saturated heterocycles. The van der Waals surface area contributed by atoms with Crippen molar-refractivity contribution in [2.75, 3.05) is 17.4 Å². The van der Waals surface area contributed by atoms with E-state index in [2.05, 4.69) is 5.32 Å². The van der Waals surface area contributed by atoms with Crippen LogP contribution in [0.25, 0.3) is 0 Å². The monoisotopic (exact) mass is 579 g/mol. The number of hydrogen-bond donors (Lipinski definition) is 1. The molecule has 0 aromatic heterocycles. The molecule has 0 radical (unpaired) electrons. The Kier molecular flexibility index (Phi) is 10.1. The Morgan fingerprint density at radius 2 is 1.71 bits per heavy atom. The van der Waals surface area contributed by atoms with E-state index in [0.717, 1.165) is 16.4 Å². The van der Waals surface area contributed by atoms with Gasteiger partial charge in [0.1, 0.15) is 18.4 Å². The fourth-order valence-electron chi connectivity index (χ4n) is 3.70. The second kappa shape index (κ2) is 13.1. The van der Waals surface area contributed by atoms with Crippen molar-refractivity contribution in [3.8, 4) is 0 Å². The molecule has 3 aromatic rings. The molecule has 0 aliphatic carbocycles. The number of nitrogens with one attached hydrogen (secondary N) is 1. The summed E-state index contributed by atoms with van der Waals surface area (Å²) < 4.78 is 42.1. The maximum absolute atomic E-state index is 13.9. The molecule has 7 nitrogen and oxygen atoms in total. The van der Waals surface area contributed by atoms with E-state index in [1.54, 1.807) is 49.4 Å². The third kappa shape index (κ3) is 7.24. The predicted molar refractivity (Wildman–Crippen MR) is 147 cm³/mol. The van der Waals surface area contributed by atoms with Crippen LogP contribution in [0, 0.1) is 5.82 Å². The predicted octanol–water partition coefficient (Wildman–Crippen LogP) is 5.27. The van der Waals surface area contributed by atoms with Gasteiger partial charge in [0.25, 0.3) is 10.0 Å². The van der Waals surface area contributed by atoms with Crippen LogP contribution < -0.4 is 9.62 Å². The van der Waals surface area contributed by atoms with Gasteiger partial charge in [-0.2, -0.15) is 0 Å². The number of rotatable bonds is 11. The third-order valence-electron chi connectivity index (χ3n) is 5.76. The number of sulfonamides is 1. The summed E-state index contributed by atoms with van der Waals surface area (Å²) in [7, 11) is -4.27. The van der Waals surface area contributed by atoms with Gasteiger partial charge in [0.05, 0.1) is 15.6 Å². The van der Waals surface area contributed by atoms with Gasteiger partial charge in [-0.15, -0.1) is 0 Å². The molecular formula is C27H28Cl2FN3O4S. The molecule has 1 N–H and O–H groups in total. The first-order valence-corrected chi connectivity index (χ1v) is 14.1. The minimum absolute atomic E-state index is 0.000559. The molecule has 0 unspecified atom stereocenters. The van der Waals surface area contributed by atoms with Crippen LogP contribution in [-0.4, -0.2) is 44.3 Å². The second-order valence-electron chi connectivity index (χ2n) is 8.54. The molecule has 0 aliphatic heterocycles. The molecule has 11 heteroatoms. The van der Waals surface area contributed by atoms with E-state index >= 15 is 0 Å². The van der Waals surface area contributed by atoms with Gasteiger partial charge in [-0.25, -0.2) is 12.8 Å². The lowest BCUT2D eigenvalue weighted by molar-refractivity contribution is -0.139. The Balaban J connectivity index is 2.03. The Labute approximate surface area is 232 Å². The van der Waals surface area contributed by atoms with Gasteiger partial charge in [0.2, 0.25) is 11.8 Å². The molecule has 0 heterocycles. The van der Waals surface area contributed by atoms with Crippen molar-refractivity contribution in [1.29, 1.82) is 0 Å². The van der Waals surface area contributed by atoms with Crippen molar-refractivity contribution in [3.63, 3.8) is 0 Å². The maximum Gasteiger partial charge on any atom is 0.264 e. The van der Waals surface area contributed by atoms with Crippen LogP contribution in [0.15, 0.2) is 77.7 Å². The number of amides is 2. The molecule has 38 heavy (non-hydrogen) atoms. The Bertz CT molecular complexity index is 1390. The zero-order chi connectivity index (χ0) is 27.9. The first-order valence-electron chi connectivity index (χ1n) is 11.9. The molecule has 2 amide bonds. The number of halogens is 3. The van der Waals surface area contributed by atoms with Crippen molar-refractivity contribution >= 4 is 50.7 Å². The van der Waals surface area contributed by atoms with Crippen LogP contribution in [0.1, 0.15) is 25.8 Å². The lowest BCUT2D eigenvalue weighted by atomic mass is 10.1. The quantitative estimate of drug-likeness (QED) is 0.335. The smallest absolute Gasteiger partial charge is 0.264 e. The molecule has 0 aliphatic rings. The van der Waals surface area contributed by atoms with Crippen LogP contribution in [0.2, 0.25) is 10.0 Å². The van der Waals surface area contributed by atoms with E-state index in [1.165, 1.54) is 23.1 Å². The second-order valence-corrected chi connectivity index (χ2v) is 11.2. The number of hydrogen-bond acceptors (Lipinski definition) is 4. The van der Waals surface area contributed by atoms with Crippen molar-refractivity contribution in [2.24, 2.45) is 0 Å². The highest BCUT2D eigenvalue weighted by Crippen LogP contribution is 2.28. The van der Waals surface area contributed by atoms with Crippen LogP contribution in [-0.2, 0) is 26.2 Å². The van der Waals surface area contributed by atoms with Gasteiger partial charge in [-0.1, -0.05) is 60.5 Å². The van der Waals surface area contributed by atoms with Crippen LogP contribution in [0.3, 0.4) is 0 Å². The van der Waals surface area contributed by atoms with E-state index in [0.29, 0.717) is 23.6 Å². The van der Waals surface area contributed by atoms with Crippen LogP contribution in [0.5, 0.6) is 0 Å². The third-order valence-corrected chi connectivity index (χ3v) is 8.07. The van der Waals surface area contributed by atoms with Gasteiger partial charge in [0, 0.05) is 18.1 Å². The zero-order valence-electron chi connectivity index (χ0n) is 20.9. The van der Waals surface area contributed by atoms with Crippen LogP contribution >= 0.6 is 23.2 Å². The topological polar surface area (TPSA) is 86.8 Å². The maximum atomic E-state index is 13.9. The SMILES string of the molecule is CCCNC(=O)[C@@H](C)N(Cc1cccc(Cl)c1)C(=O)CN(c1ccc(F)c(Cl)c1)S(=O)(=O)c1ccccc1. The van der Waals surface area contributed by atoms with Crippen molar-refractivity contribution < 1.29 is 22.4 Å². The highest BCUT2D eigenvalue weighted by Gasteiger charge is 2.32. The Morgan fingerprint density at radius 1 is 1.00 bits per heavy atom. The number of carbonyl (C=O) groups excluding carboxylic acids is 2. The van der Waals surface area contributed by atoms with Crippen molar-refractivity contribution in [3.05, 3.63) is 94.2 Å². The molecule has 1 atom stereocenters. The molecule has 202 valence electrons. The largest absolute Gasteiger partial charge is 0.354 e. The average Bonchev–Trinajstić information content (AvgIpc) is 2.90. The number of carbonyl (C=O) groups is 2. The number of benzene rings is 3. The Morgan fingerprint density at radius 3 is 2.34 bits per heavy atom. The molecule has 0 bridgehead atoms. The molecule has 0 saturated carbocycles. The summed E-state index contributed by atoms with van der Waals surface area (Å²) in [4.78, 5) is 27.8. The lowest BCUT2D eigenvalue weighted by Gasteiger charge is -2.32. The Hall–Kier alpha value is -3.14. The zero-order valence-corrected chi connectivity index (χ0v) is 23.2. The number of anilines is 1. The summed E-state index contributed by atoms with van der Waals surface area (Å²) in [6, 6.07) is 16.8. The summed E-state index contributed by atoms with van der Waals surface area (Å²) in [6.45, 7) is 3.23. The normalized spacial score (nSPS) is 12.0. The molecule has 3 aromatic carbocycles. The van der Waals surface area contributed by atoms with E-state index < -0.39 is 34.3 Å². The lowest BCUT2D eigenvalue weighted by Crippen LogP contribution is -2.51. The van der Waals surface area contributed by atoms with Gasteiger partial charge < -0.3 is 10.2 Å². The summed E-state index contributed by atoms with van der Waals surface area (Å²) in [5, 5.41) is 2.92. The van der Waals surface area contributed by atoms with Crippen molar-refractivity contribution in [2.45, 2.75) is 37.8 Å². The van der Waals surface area contributed by atoms with Gasteiger partial charge in [0.15, 0.2) is 0 Å². The summed E-state index contributed by atoms with van der Waals surface area (Å²) in [6.07, 6.45) is 0.703. The molecule has 3 rings (SSSR count). The standard InChI is InChI=1S/C27H28Cl2FN3O4S/c1-3-14-31-27(35)19(2)32(17-20-8-7-9-21(28)15-20)26(34)18-33(22-12-13-25(30)24(29)16-22)38(36,37)23-10-5-4-6-11-23/h4-13,15-16,19H,3,14,17-18H2,1-2H3,(H,31,35)/t19-/m1/s1. The minimum atomic E-state index is -4.27. The first kappa shape index (κ1) is 29.4. The number of nitrogens with zero attached hydrogens (tertiary/aromatic N) is 2. The molecule has 0 fully saturated rings. The summed E-state index contributed by atoms with van der Waals surface area (Å²) >= 11 is 12.1. The fourth-order valence-corrected chi connectivity index (χ4v) is 5.51. The fraction of sp³-hybridized carbons (Fsp3) is 0.259. The van der Waals surface area contributed by atoms with Crippen molar-refractivity contribution in [1.82, 2.24) is 10.2 Å². The van der Waals surface area contributed by atoms with Crippen LogP contribution in [0.4, 0.5) is 10.1 Å². The minimum Gasteiger partial charge on any atom is -0.354 e. The first-order chi connectivity index (χ1) is 18.0. The van der Waals surface area contributed by atoms with Gasteiger partial charge in [-0.3, -0.25) is 13.9 Å². The molecule has 0 spiro atoms. The van der Waals surface area contributed by atoms with E-state index in [1.807, 2.05) is 6.92 Å². The van der Waals surface area contributed by atoms with E-state index in [-0.39, 0.29) is 28.1 Å². The van der Waals surface area contributed by atoms with E-state index in [4.69, 9.17) is 23.2 Å². The highest BCUT2D eigenvalue weighted by molar-refractivity contribution is 7.92. The average molecular weight is 581 g/mol. The van der Waals surface area contributed by atoms with Gasteiger partial charge >= 0.3 is 0 Å². The summed E-state index contributed by atoms with van der Waals surface area (Å²) in [5.74, 6) is -1.77. The van der Waals surface area contributed by atoms with Gasteiger partial charge in [-0.05, 0) is 61.4 Å².